The van der Waals surface area contributed by atoms with Gasteiger partial charge < -0.3 is 10.2 Å². The molecule has 6 heteroatoms. The highest BCUT2D eigenvalue weighted by atomic mass is 35.5. The summed E-state index contributed by atoms with van der Waals surface area (Å²) in [6, 6.07) is -0.353. The van der Waals surface area contributed by atoms with Gasteiger partial charge in [0.15, 0.2) is 0 Å². The second-order valence-corrected chi connectivity index (χ2v) is 4.49. The van der Waals surface area contributed by atoms with Crippen molar-refractivity contribution in [1.29, 1.82) is 0 Å². The zero-order valence-electron chi connectivity index (χ0n) is 10.7. The van der Waals surface area contributed by atoms with Gasteiger partial charge in [-0.15, -0.1) is 0 Å². The third kappa shape index (κ3) is 3.30. The van der Waals surface area contributed by atoms with Crippen molar-refractivity contribution in [2.75, 3.05) is 19.4 Å². The number of carbonyl (C=O) groups excluding carboxylic acids is 1. The smallest absolute Gasteiger partial charge is 0.244 e. The summed E-state index contributed by atoms with van der Waals surface area (Å²) in [5.41, 5.74) is 0.746. The van der Waals surface area contributed by atoms with Crippen molar-refractivity contribution < 1.29 is 4.79 Å². The molecule has 1 rings (SSSR count). The fraction of sp³-hybridized carbons (Fsp3) is 0.545. The Balaban J connectivity index is 2.92. The van der Waals surface area contributed by atoms with Crippen LogP contribution in [0.3, 0.4) is 0 Å². The van der Waals surface area contributed by atoms with Gasteiger partial charge in [-0.25, -0.2) is 9.97 Å². The van der Waals surface area contributed by atoms with E-state index in [1.807, 2.05) is 6.92 Å². The normalized spacial score (nSPS) is 12.1. The molecule has 0 spiro atoms. The molecule has 17 heavy (non-hydrogen) atoms. The van der Waals surface area contributed by atoms with Gasteiger partial charge in [0.05, 0.1) is 0 Å². The molecule has 0 aliphatic heterocycles. The molecule has 0 fully saturated rings. The Morgan fingerprint density at radius 3 is 2.47 bits per heavy atom. The SMILES string of the molecule is Cc1nc(Cl)c(C)c(NC(C)C(=O)N(C)C)n1. The Hall–Kier alpha value is -1.36. The van der Waals surface area contributed by atoms with Gasteiger partial charge in [0.1, 0.15) is 22.8 Å². The summed E-state index contributed by atoms with van der Waals surface area (Å²) in [5.74, 6) is 1.16. The molecule has 0 bridgehead atoms. The van der Waals surface area contributed by atoms with Gasteiger partial charge in [-0.05, 0) is 20.8 Å². The van der Waals surface area contributed by atoms with Crippen LogP contribution in [0.25, 0.3) is 0 Å². The molecule has 0 saturated heterocycles. The number of likely N-dealkylation sites (N-methyl/N-ethyl adjacent to an activating group) is 1. The average molecular weight is 257 g/mol. The number of nitrogens with one attached hydrogen (secondary N) is 1. The molecule has 5 nitrogen and oxygen atoms in total. The lowest BCUT2D eigenvalue weighted by Gasteiger charge is -2.19. The molecular weight excluding hydrogens is 240 g/mol. The number of aromatic nitrogens is 2. The van der Waals surface area contributed by atoms with Crippen LogP contribution in [0.5, 0.6) is 0 Å². The first-order chi connectivity index (χ1) is 7.82. The highest BCUT2D eigenvalue weighted by Crippen LogP contribution is 2.20. The number of amides is 1. The number of hydrogen-bond donors (Lipinski definition) is 1. The fourth-order valence-corrected chi connectivity index (χ4v) is 1.60. The van der Waals surface area contributed by atoms with E-state index in [0.29, 0.717) is 16.8 Å². The lowest BCUT2D eigenvalue weighted by molar-refractivity contribution is -0.129. The Morgan fingerprint density at radius 1 is 1.35 bits per heavy atom. The van der Waals surface area contributed by atoms with Crippen LogP contribution in [-0.2, 0) is 4.79 Å². The van der Waals surface area contributed by atoms with Crippen LogP contribution in [0.15, 0.2) is 0 Å². The number of hydrogen-bond acceptors (Lipinski definition) is 4. The van der Waals surface area contributed by atoms with Crippen LogP contribution in [0.1, 0.15) is 18.3 Å². The second-order valence-electron chi connectivity index (χ2n) is 4.13. The first-order valence-corrected chi connectivity index (χ1v) is 5.69. The van der Waals surface area contributed by atoms with Crippen LogP contribution >= 0.6 is 11.6 Å². The fourth-order valence-electron chi connectivity index (χ4n) is 1.39. The maximum Gasteiger partial charge on any atom is 0.244 e. The molecule has 1 aromatic rings. The van der Waals surface area contributed by atoms with Gasteiger partial charge in [0.2, 0.25) is 5.91 Å². The molecule has 0 radical (unpaired) electrons. The molecule has 0 aliphatic carbocycles. The molecule has 0 saturated carbocycles. The van der Waals surface area contributed by atoms with Gasteiger partial charge in [-0.3, -0.25) is 4.79 Å². The summed E-state index contributed by atoms with van der Waals surface area (Å²) in [7, 11) is 3.43. The Morgan fingerprint density at radius 2 is 1.94 bits per heavy atom. The van der Waals surface area contributed by atoms with Gasteiger partial charge >= 0.3 is 0 Å². The van der Waals surface area contributed by atoms with Crippen LogP contribution < -0.4 is 5.32 Å². The van der Waals surface area contributed by atoms with Gasteiger partial charge in [0, 0.05) is 19.7 Å². The third-order valence-electron chi connectivity index (χ3n) is 2.36. The molecular formula is C11H17ClN4O. The zero-order valence-corrected chi connectivity index (χ0v) is 11.5. The van der Waals surface area contributed by atoms with E-state index >= 15 is 0 Å². The predicted octanol–water partition coefficient (Wildman–Crippen LogP) is 1.64. The highest BCUT2D eigenvalue weighted by Gasteiger charge is 2.17. The summed E-state index contributed by atoms with van der Waals surface area (Å²) in [6.07, 6.45) is 0. The molecule has 1 heterocycles. The Bertz CT molecular complexity index is 434. The van der Waals surface area contributed by atoms with Gasteiger partial charge in [0.25, 0.3) is 0 Å². The summed E-state index contributed by atoms with van der Waals surface area (Å²) >= 11 is 5.96. The van der Waals surface area contributed by atoms with Crippen molar-refractivity contribution >= 4 is 23.3 Å². The topological polar surface area (TPSA) is 58.1 Å². The second kappa shape index (κ2) is 5.31. The van der Waals surface area contributed by atoms with Crippen LogP contribution in [0, 0.1) is 13.8 Å². The molecule has 0 aliphatic rings. The summed E-state index contributed by atoms with van der Waals surface area (Å²) in [4.78, 5) is 21.5. The lowest BCUT2D eigenvalue weighted by Crippen LogP contribution is -2.37. The third-order valence-corrected chi connectivity index (χ3v) is 2.73. The molecule has 94 valence electrons. The monoisotopic (exact) mass is 256 g/mol. The first-order valence-electron chi connectivity index (χ1n) is 5.31. The highest BCUT2D eigenvalue weighted by molar-refractivity contribution is 6.30. The van der Waals surface area contributed by atoms with Crippen molar-refractivity contribution in [2.24, 2.45) is 0 Å². The summed E-state index contributed by atoms with van der Waals surface area (Å²) in [6.45, 7) is 5.36. The number of rotatable bonds is 3. The number of halogens is 1. The Kier molecular flexibility index (Phi) is 4.28. The van der Waals surface area contributed by atoms with Gasteiger partial charge in [-0.2, -0.15) is 0 Å². The summed E-state index contributed by atoms with van der Waals surface area (Å²) in [5, 5.41) is 3.45. The van der Waals surface area contributed by atoms with Crippen LogP contribution in [-0.4, -0.2) is 40.9 Å². The molecule has 1 unspecified atom stereocenters. The lowest BCUT2D eigenvalue weighted by atomic mass is 10.2. The average Bonchev–Trinajstić information content (AvgIpc) is 2.23. The largest absolute Gasteiger partial charge is 0.358 e. The first kappa shape index (κ1) is 13.7. The summed E-state index contributed by atoms with van der Waals surface area (Å²) < 4.78 is 0. The van der Waals surface area contributed by atoms with Crippen molar-refractivity contribution in [3.8, 4) is 0 Å². The molecule has 0 aromatic carbocycles. The quantitative estimate of drug-likeness (QED) is 0.836. The maximum atomic E-state index is 11.7. The van der Waals surface area contributed by atoms with E-state index in [2.05, 4.69) is 15.3 Å². The number of anilines is 1. The van der Waals surface area contributed by atoms with Crippen LogP contribution in [0.2, 0.25) is 5.15 Å². The predicted molar refractivity (Wildman–Crippen MR) is 68.3 cm³/mol. The number of nitrogens with zero attached hydrogens (tertiary/aromatic N) is 3. The van der Waals surface area contributed by atoms with E-state index in [1.54, 1.807) is 27.9 Å². The van der Waals surface area contributed by atoms with Gasteiger partial charge in [-0.1, -0.05) is 11.6 Å². The minimum absolute atomic E-state index is 0.0169. The van der Waals surface area contributed by atoms with Crippen molar-refractivity contribution in [3.05, 3.63) is 16.5 Å². The minimum Gasteiger partial charge on any atom is -0.358 e. The van der Waals surface area contributed by atoms with Crippen molar-refractivity contribution in [3.63, 3.8) is 0 Å². The molecule has 1 atom stereocenters. The van der Waals surface area contributed by atoms with Crippen LogP contribution in [0.4, 0.5) is 5.82 Å². The van der Waals surface area contributed by atoms with E-state index in [4.69, 9.17) is 11.6 Å². The number of carbonyl (C=O) groups is 1. The van der Waals surface area contributed by atoms with E-state index in [1.165, 1.54) is 4.90 Å². The molecule has 1 aromatic heterocycles. The zero-order chi connectivity index (χ0) is 13.2. The van der Waals surface area contributed by atoms with E-state index in [0.717, 1.165) is 5.56 Å². The van der Waals surface area contributed by atoms with E-state index in [-0.39, 0.29) is 11.9 Å². The standard InChI is InChI=1S/C11H17ClN4O/c1-6-9(12)14-8(3)15-10(6)13-7(2)11(17)16(4)5/h7H,1-5H3,(H,13,14,15). The van der Waals surface area contributed by atoms with Crippen molar-refractivity contribution in [2.45, 2.75) is 26.8 Å². The van der Waals surface area contributed by atoms with E-state index < -0.39 is 0 Å². The van der Waals surface area contributed by atoms with E-state index in [9.17, 15) is 4.79 Å². The van der Waals surface area contributed by atoms with Crippen molar-refractivity contribution in [1.82, 2.24) is 14.9 Å². The minimum atomic E-state index is -0.353. The molecule has 1 amide bonds. The molecule has 1 N–H and O–H groups in total. The number of aryl methyl sites for hydroxylation is 1. The Labute approximate surface area is 106 Å². The maximum absolute atomic E-state index is 11.7.